The molecule has 1 saturated carbocycles. The molecule has 0 aromatic carbocycles. The van der Waals surface area contributed by atoms with E-state index in [4.69, 9.17) is 4.52 Å². The van der Waals surface area contributed by atoms with Crippen LogP contribution in [0.25, 0.3) is 0 Å². The standard InChI is InChI=1S/C15H30NO2PS/c1-12(2)10-18-19(17)11-13-14(3,4)20-15(16-13)8-6-5-7-9-15/h12-13,16,19H,5-11H2,1-4H3. The monoisotopic (exact) mass is 319 g/mol. The summed E-state index contributed by atoms with van der Waals surface area (Å²) in [5, 5.41) is 3.82. The van der Waals surface area contributed by atoms with Crippen molar-refractivity contribution in [3.05, 3.63) is 0 Å². The highest BCUT2D eigenvalue weighted by Gasteiger charge is 2.50. The average molecular weight is 319 g/mol. The zero-order valence-corrected chi connectivity index (χ0v) is 15.1. The maximum atomic E-state index is 12.2. The molecule has 1 N–H and O–H groups in total. The van der Waals surface area contributed by atoms with E-state index in [0.717, 1.165) is 0 Å². The molecule has 2 rings (SSSR count). The molecule has 2 fully saturated rings. The van der Waals surface area contributed by atoms with Crippen LogP contribution in [0.15, 0.2) is 0 Å². The molecule has 0 amide bonds. The maximum Gasteiger partial charge on any atom is 0.193 e. The van der Waals surface area contributed by atoms with Gasteiger partial charge in [-0.05, 0) is 32.6 Å². The molecule has 1 heterocycles. The fraction of sp³-hybridized carbons (Fsp3) is 1.00. The summed E-state index contributed by atoms with van der Waals surface area (Å²) < 4.78 is 17.9. The van der Waals surface area contributed by atoms with Crippen molar-refractivity contribution in [1.82, 2.24) is 5.32 Å². The smallest absolute Gasteiger partial charge is 0.193 e. The summed E-state index contributed by atoms with van der Waals surface area (Å²) in [6, 6.07) is 0.309. The molecular weight excluding hydrogens is 289 g/mol. The van der Waals surface area contributed by atoms with E-state index in [2.05, 4.69) is 44.8 Å². The van der Waals surface area contributed by atoms with Crippen LogP contribution in [0, 0.1) is 5.92 Å². The summed E-state index contributed by atoms with van der Waals surface area (Å²) in [6.07, 6.45) is 7.20. The lowest BCUT2D eigenvalue weighted by molar-refractivity contribution is 0.276. The molecule has 0 aromatic heterocycles. The van der Waals surface area contributed by atoms with Gasteiger partial charge < -0.3 is 4.52 Å². The Morgan fingerprint density at radius 1 is 1.30 bits per heavy atom. The van der Waals surface area contributed by atoms with Gasteiger partial charge in [0.05, 0.1) is 11.5 Å². The number of rotatable bonds is 5. The second-order valence-electron chi connectivity index (χ2n) is 7.24. The first kappa shape index (κ1) is 16.9. The molecule has 2 unspecified atom stereocenters. The maximum absolute atomic E-state index is 12.2. The molecule has 1 aliphatic carbocycles. The van der Waals surface area contributed by atoms with E-state index < -0.39 is 8.03 Å². The van der Waals surface area contributed by atoms with Crippen LogP contribution in [-0.2, 0) is 9.09 Å². The van der Waals surface area contributed by atoms with Crippen LogP contribution in [0.2, 0.25) is 0 Å². The molecule has 3 nitrogen and oxygen atoms in total. The van der Waals surface area contributed by atoms with Gasteiger partial charge in [-0.1, -0.05) is 33.1 Å². The highest BCUT2D eigenvalue weighted by Crippen LogP contribution is 2.52. The lowest BCUT2D eigenvalue weighted by atomic mass is 9.93. The van der Waals surface area contributed by atoms with Crippen molar-refractivity contribution in [3.63, 3.8) is 0 Å². The van der Waals surface area contributed by atoms with Gasteiger partial charge in [0.1, 0.15) is 0 Å². The molecule has 0 radical (unpaired) electrons. The third kappa shape index (κ3) is 4.25. The zero-order chi connectivity index (χ0) is 14.8. The van der Waals surface area contributed by atoms with Gasteiger partial charge in [0, 0.05) is 17.0 Å². The molecule has 2 aliphatic rings. The van der Waals surface area contributed by atoms with Gasteiger partial charge in [-0.3, -0.25) is 9.88 Å². The highest BCUT2D eigenvalue weighted by molar-refractivity contribution is 8.02. The van der Waals surface area contributed by atoms with Gasteiger partial charge in [-0.25, -0.2) is 0 Å². The van der Waals surface area contributed by atoms with Gasteiger partial charge >= 0.3 is 0 Å². The first-order valence-electron chi connectivity index (χ1n) is 7.96. The SMILES string of the molecule is CC(C)CO[PH](=O)CC1NC2(CCCCC2)SC1(C)C. The highest BCUT2D eigenvalue weighted by atomic mass is 32.2. The van der Waals surface area contributed by atoms with Gasteiger partial charge in [0.2, 0.25) is 0 Å². The molecule has 5 heteroatoms. The molecule has 1 spiro atoms. The van der Waals surface area contributed by atoms with E-state index >= 15 is 0 Å². The zero-order valence-electron chi connectivity index (χ0n) is 13.3. The number of hydrogen-bond acceptors (Lipinski definition) is 4. The molecular formula is C15H30NO2PS. The van der Waals surface area contributed by atoms with Crippen LogP contribution in [-0.4, -0.2) is 28.4 Å². The Balaban J connectivity index is 1.92. The van der Waals surface area contributed by atoms with Gasteiger partial charge in [0.15, 0.2) is 8.03 Å². The van der Waals surface area contributed by atoms with Crippen LogP contribution in [0.3, 0.4) is 0 Å². The largest absolute Gasteiger partial charge is 0.330 e. The minimum absolute atomic E-state index is 0.152. The van der Waals surface area contributed by atoms with Gasteiger partial charge in [0.25, 0.3) is 0 Å². The van der Waals surface area contributed by atoms with E-state index in [9.17, 15) is 4.57 Å². The van der Waals surface area contributed by atoms with Crippen molar-refractivity contribution in [1.29, 1.82) is 0 Å². The lowest BCUT2D eigenvalue weighted by Crippen LogP contribution is -2.46. The van der Waals surface area contributed by atoms with Crippen molar-refractivity contribution in [2.75, 3.05) is 12.8 Å². The van der Waals surface area contributed by atoms with Crippen LogP contribution in [0.4, 0.5) is 0 Å². The van der Waals surface area contributed by atoms with Crippen molar-refractivity contribution < 1.29 is 9.09 Å². The fourth-order valence-electron chi connectivity index (χ4n) is 3.25. The second kappa shape index (κ2) is 6.73. The molecule has 118 valence electrons. The quantitative estimate of drug-likeness (QED) is 0.768. The number of nitrogens with one attached hydrogen (secondary N) is 1. The van der Waals surface area contributed by atoms with E-state index in [-0.39, 0.29) is 9.62 Å². The third-order valence-corrected chi connectivity index (χ3v) is 7.30. The molecule has 0 bridgehead atoms. The summed E-state index contributed by atoms with van der Waals surface area (Å²) >= 11 is 2.08. The van der Waals surface area contributed by atoms with Gasteiger partial charge in [-0.15, -0.1) is 11.8 Å². The minimum Gasteiger partial charge on any atom is -0.330 e. The molecule has 2 atom stereocenters. The third-order valence-electron chi connectivity index (χ3n) is 4.34. The normalized spacial score (nSPS) is 29.9. The second-order valence-corrected chi connectivity index (χ2v) is 10.7. The van der Waals surface area contributed by atoms with Crippen molar-refractivity contribution in [3.8, 4) is 0 Å². The van der Waals surface area contributed by atoms with Crippen molar-refractivity contribution in [2.45, 2.75) is 75.5 Å². The Morgan fingerprint density at radius 2 is 1.95 bits per heavy atom. The lowest BCUT2D eigenvalue weighted by Gasteiger charge is -2.33. The Kier molecular flexibility index (Phi) is 5.67. The minimum atomic E-state index is -1.92. The predicted octanol–water partition coefficient (Wildman–Crippen LogP) is 4.28. The van der Waals surface area contributed by atoms with Crippen LogP contribution >= 0.6 is 19.8 Å². The first-order valence-corrected chi connectivity index (χ1v) is 10.3. The summed E-state index contributed by atoms with van der Waals surface area (Å²) in [5.41, 5.74) is 0. The molecule has 20 heavy (non-hydrogen) atoms. The Hall–Kier alpha value is 0.500. The Morgan fingerprint density at radius 3 is 2.55 bits per heavy atom. The van der Waals surface area contributed by atoms with E-state index in [1.165, 1.54) is 32.1 Å². The first-order chi connectivity index (χ1) is 9.33. The predicted molar refractivity (Wildman–Crippen MR) is 89.1 cm³/mol. The Bertz CT molecular complexity index is 354. The van der Waals surface area contributed by atoms with Gasteiger partial charge in [-0.2, -0.15) is 0 Å². The van der Waals surface area contributed by atoms with E-state index in [1.54, 1.807) is 0 Å². The van der Waals surface area contributed by atoms with Crippen LogP contribution in [0.5, 0.6) is 0 Å². The van der Waals surface area contributed by atoms with Crippen molar-refractivity contribution >= 4 is 19.8 Å². The molecule has 0 aromatic rings. The number of thioether (sulfide) groups is 1. The van der Waals surface area contributed by atoms with E-state index in [0.29, 0.717) is 24.7 Å². The molecule has 1 saturated heterocycles. The molecule has 1 aliphatic heterocycles. The average Bonchev–Trinajstić information content (AvgIpc) is 2.58. The summed E-state index contributed by atoms with van der Waals surface area (Å²) in [5.74, 6) is 0.451. The van der Waals surface area contributed by atoms with Crippen molar-refractivity contribution in [2.24, 2.45) is 5.92 Å². The number of hydrogen-bond donors (Lipinski definition) is 1. The van der Waals surface area contributed by atoms with E-state index in [1.807, 2.05) is 0 Å². The summed E-state index contributed by atoms with van der Waals surface area (Å²) in [6.45, 7) is 9.38. The summed E-state index contributed by atoms with van der Waals surface area (Å²) in [7, 11) is -1.92. The topological polar surface area (TPSA) is 38.3 Å². The van der Waals surface area contributed by atoms with Crippen LogP contribution in [0.1, 0.15) is 59.8 Å². The Labute approximate surface area is 128 Å². The summed E-state index contributed by atoms with van der Waals surface area (Å²) in [4.78, 5) is 0.243. The van der Waals surface area contributed by atoms with Crippen LogP contribution < -0.4 is 5.32 Å². The fourth-order valence-corrected chi connectivity index (χ4v) is 6.96.